The van der Waals surface area contributed by atoms with Crippen LogP contribution in [0.5, 0.6) is 0 Å². The fourth-order valence-corrected chi connectivity index (χ4v) is 5.45. The number of thiazole rings is 1. The molecule has 0 saturated carbocycles. The number of rotatable bonds is 6. The van der Waals surface area contributed by atoms with Gasteiger partial charge in [-0.05, 0) is 56.5 Å². The second kappa shape index (κ2) is 11.2. The van der Waals surface area contributed by atoms with Crippen LogP contribution in [-0.2, 0) is 16.5 Å². The van der Waals surface area contributed by atoms with Crippen molar-refractivity contribution >= 4 is 61.9 Å². The summed E-state index contributed by atoms with van der Waals surface area (Å²) in [5.41, 5.74) is -0.912. The number of carbonyl (C=O) groups is 3. The van der Waals surface area contributed by atoms with Gasteiger partial charge in [0.1, 0.15) is 16.3 Å². The van der Waals surface area contributed by atoms with Crippen LogP contribution < -0.4 is 20.9 Å². The van der Waals surface area contributed by atoms with Crippen LogP contribution in [0, 0.1) is 0 Å². The standard InChI is InChI=1S/C22H32BrN7O6S/c1-21(2,3)36-20(34)28-16-14(27-18(23)37-16)15(31)26-13-10-24-29(5)17(13)30-8-7-12(25-19(32)33)9-22(4,11-30)35-6/h10,12,25H,7-9,11H2,1-6H3,(H,26,31)(H,28,34)(H,32,33). The Labute approximate surface area is 227 Å². The third-order valence-corrected chi connectivity index (χ3v) is 7.08. The van der Waals surface area contributed by atoms with Crippen molar-refractivity contribution in [2.75, 3.05) is 35.7 Å². The average molecular weight is 603 g/mol. The van der Waals surface area contributed by atoms with E-state index in [2.05, 4.69) is 42.0 Å². The second-order valence-corrected chi connectivity index (χ2v) is 12.2. The summed E-state index contributed by atoms with van der Waals surface area (Å²) in [5, 5.41) is 21.8. The molecule has 3 amide bonds. The van der Waals surface area contributed by atoms with Crippen molar-refractivity contribution in [3.05, 3.63) is 15.8 Å². The van der Waals surface area contributed by atoms with Crippen LogP contribution in [0.25, 0.3) is 0 Å². The summed E-state index contributed by atoms with van der Waals surface area (Å²) in [5.74, 6) is 0.0838. The van der Waals surface area contributed by atoms with Gasteiger partial charge in [-0.3, -0.25) is 14.8 Å². The van der Waals surface area contributed by atoms with Crippen LogP contribution in [-0.4, -0.2) is 75.4 Å². The number of ether oxygens (including phenoxy) is 2. The lowest BCUT2D eigenvalue weighted by Crippen LogP contribution is -2.44. The number of halogens is 1. The highest BCUT2D eigenvalue weighted by Crippen LogP contribution is 2.34. The minimum absolute atomic E-state index is 0.0147. The predicted octanol–water partition coefficient (Wildman–Crippen LogP) is 3.88. The van der Waals surface area contributed by atoms with E-state index < -0.39 is 29.3 Å². The van der Waals surface area contributed by atoms with Gasteiger partial charge in [-0.25, -0.2) is 14.6 Å². The molecular weight excluding hydrogens is 570 g/mol. The van der Waals surface area contributed by atoms with Gasteiger partial charge in [0.05, 0.1) is 11.8 Å². The smallest absolute Gasteiger partial charge is 0.412 e. The highest BCUT2D eigenvalue weighted by Gasteiger charge is 2.36. The second-order valence-electron chi connectivity index (χ2n) is 9.95. The van der Waals surface area contributed by atoms with Gasteiger partial charge >= 0.3 is 12.2 Å². The lowest BCUT2D eigenvalue weighted by atomic mass is 9.96. The predicted molar refractivity (Wildman–Crippen MR) is 143 cm³/mol. The third-order valence-electron chi connectivity index (χ3n) is 5.66. The molecule has 204 valence electrons. The van der Waals surface area contributed by atoms with Gasteiger partial charge in [-0.2, -0.15) is 5.10 Å². The van der Waals surface area contributed by atoms with Crippen LogP contribution in [0.4, 0.5) is 26.1 Å². The van der Waals surface area contributed by atoms with Gasteiger partial charge in [0.15, 0.2) is 15.4 Å². The minimum atomic E-state index is -1.09. The number of hydrogen-bond donors (Lipinski definition) is 4. The molecule has 0 bridgehead atoms. The van der Waals surface area contributed by atoms with E-state index in [-0.39, 0.29) is 16.7 Å². The number of hydrogen-bond acceptors (Lipinski definition) is 9. The molecule has 1 fully saturated rings. The van der Waals surface area contributed by atoms with Crippen molar-refractivity contribution in [3.8, 4) is 0 Å². The molecule has 4 N–H and O–H groups in total. The van der Waals surface area contributed by atoms with Crippen LogP contribution in [0.15, 0.2) is 10.1 Å². The van der Waals surface area contributed by atoms with E-state index in [9.17, 15) is 19.5 Å². The molecule has 0 radical (unpaired) electrons. The Morgan fingerprint density at radius 1 is 1.30 bits per heavy atom. The molecule has 0 aliphatic carbocycles. The molecule has 2 aromatic rings. The number of carbonyl (C=O) groups excluding carboxylic acids is 2. The van der Waals surface area contributed by atoms with E-state index in [0.717, 1.165) is 11.3 Å². The molecule has 2 atom stereocenters. The molecule has 13 nitrogen and oxygen atoms in total. The zero-order valence-electron chi connectivity index (χ0n) is 21.5. The maximum Gasteiger partial charge on any atom is 0.412 e. The SMILES string of the molecule is COC1(C)CC(NC(=O)O)CCN(c2c(NC(=O)c3nc(Br)sc3NC(=O)OC(C)(C)C)cnn2C)C1. The molecule has 2 unspecified atom stereocenters. The summed E-state index contributed by atoms with van der Waals surface area (Å²) < 4.78 is 13.1. The molecule has 15 heteroatoms. The summed E-state index contributed by atoms with van der Waals surface area (Å²) >= 11 is 4.36. The quantitative estimate of drug-likeness (QED) is 0.385. The van der Waals surface area contributed by atoms with Gasteiger partial charge < -0.3 is 30.1 Å². The number of methoxy groups -OCH3 is 1. The maximum absolute atomic E-state index is 13.2. The van der Waals surface area contributed by atoms with Crippen molar-refractivity contribution in [2.45, 2.75) is 57.8 Å². The van der Waals surface area contributed by atoms with Crippen LogP contribution >= 0.6 is 27.3 Å². The zero-order valence-corrected chi connectivity index (χ0v) is 23.9. The molecule has 2 aromatic heterocycles. The average Bonchev–Trinajstić information content (AvgIpc) is 3.25. The van der Waals surface area contributed by atoms with Crippen molar-refractivity contribution < 1.29 is 29.0 Å². The Bertz CT molecular complexity index is 1160. The molecule has 1 saturated heterocycles. The summed E-state index contributed by atoms with van der Waals surface area (Å²) in [6.07, 6.45) is 0.756. The van der Waals surface area contributed by atoms with Gasteiger partial charge in [-0.1, -0.05) is 11.3 Å². The summed E-state index contributed by atoms with van der Waals surface area (Å²) in [6.45, 7) is 8.08. The summed E-state index contributed by atoms with van der Waals surface area (Å²) in [4.78, 5) is 43.0. The van der Waals surface area contributed by atoms with Crippen LogP contribution in [0.3, 0.4) is 0 Å². The Morgan fingerprint density at radius 3 is 2.62 bits per heavy atom. The molecule has 3 heterocycles. The van der Waals surface area contributed by atoms with E-state index in [1.165, 1.54) is 6.20 Å². The lowest BCUT2D eigenvalue weighted by Gasteiger charge is -2.33. The van der Waals surface area contributed by atoms with Gasteiger partial charge in [0, 0.05) is 33.3 Å². The van der Waals surface area contributed by atoms with Crippen molar-refractivity contribution in [1.82, 2.24) is 20.1 Å². The molecule has 3 rings (SSSR count). The maximum atomic E-state index is 13.2. The van der Waals surface area contributed by atoms with Gasteiger partial charge in [-0.15, -0.1) is 0 Å². The van der Waals surface area contributed by atoms with Crippen molar-refractivity contribution in [2.24, 2.45) is 7.05 Å². The molecule has 0 spiro atoms. The molecule has 37 heavy (non-hydrogen) atoms. The zero-order chi connectivity index (χ0) is 27.5. The van der Waals surface area contributed by atoms with E-state index in [4.69, 9.17) is 9.47 Å². The van der Waals surface area contributed by atoms with Crippen molar-refractivity contribution in [3.63, 3.8) is 0 Å². The van der Waals surface area contributed by atoms with Gasteiger partial charge in [0.2, 0.25) is 0 Å². The summed E-state index contributed by atoms with van der Waals surface area (Å²) in [7, 11) is 3.34. The van der Waals surface area contributed by atoms with Crippen molar-refractivity contribution in [1.29, 1.82) is 0 Å². The van der Waals surface area contributed by atoms with Crippen LogP contribution in [0.2, 0.25) is 0 Å². The molecular formula is C22H32BrN7O6S. The van der Waals surface area contributed by atoms with E-state index >= 15 is 0 Å². The van der Waals surface area contributed by atoms with E-state index in [0.29, 0.717) is 41.4 Å². The van der Waals surface area contributed by atoms with E-state index in [1.54, 1.807) is 39.6 Å². The first kappa shape index (κ1) is 28.7. The number of aromatic nitrogens is 3. The number of nitrogens with zero attached hydrogens (tertiary/aromatic N) is 4. The van der Waals surface area contributed by atoms with Gasteiger partial charge in [0.25, 0.3) is 5.91 Å². The van der Waals surface area contributed by atoms with E-state index in [1.807, 2.05) is 11.8 Å². The van der Waals surface area contributed by atoms with Crippen LogP contribution in [0.1, 0.15) is 51.0 Å². The number of nitrogens with one attached hydrogen (secondary N) is 3. The third kappa shape index (κ3) is 7.55. The topological polar surface area (TPSA) is 160 Å². The largest absolute Gasteiger partial charge is 0.465 e. The Balaban J connectivity index is 1.83. The highest BCUT2D eigenvalue weighted by atomic mass is 79.9. The molecule has 0 aromatic carbocycles. The first-order valence-electron chi connectivity index (χ1n) is 11.5. The lowest BCUT2D eigenvalue weighted by molar-refractivity contribution is 0.00231. The monoisotopic (exact) mass is 601 g/mol. The fraction of sp³-hybridized carbons (Fsp3) is 0.591. The number of amides is 3. The fourth-order valence-electron chi connectivity index (χ4n) is 4.11. The first-order valence-corrected chi connectivity index (χ1v) is 13.1. The Kier molecular flexibility index (Phi) is 8.70. The normalized spacial score (nSPS) is 20.2. The Hall–Kier alpha value is -2.91. The first-order chi connectivity index (χ1) is 17.2. The summed E-state index contributed by atoms with van der Waals surface area (Å²) in [6, 6.07) is -0.299. The minimum Gasteiger partial charge on any atom is -0.465 e. The number of anilines is 3. The highest BCUT2D eigenvalue weighted by molar-refractivity contribution is 9.11. The Morgan fingerprint density at radius 2 is 2.00 bits per heavy atom. The molecule has 1 aliphatic rings. The number of aryl methyl sites for hydroxylation is 1. The number of carboxylic acid groups (broad SMARTS) is 1. The molecule has 1 aliphatic heterocycles.